The maximum absolute atomic E-state index is 13.6. The van der Waals surface area contributed by atoms with E-state index in [1.807, 2.05) is 49.4 Å². The van der Waals surface area contributed by atoms with Crippen LogP contribution in [0.25, 0.3) is 5.69 Å². The molecule has 0 radical (unpaired) electrons. The average molecular weight is 486 g/mol. The molecule has 0 atom stereocenters. The number of furan rings is 1. The van der Waals surface area contributed by atoms with Gasteiger partial charge in [0.05, 0.1) is 31.3 Å². The molecule has 0 spiro atoms. The maximum atomic E-state index is 13.6. The molecule has 0 bridgehead atoms. The van der Waals surface area contributed by atoms with Crippen molar-refractivity contribution in [2.45, 2.75) is 38.9 Å². The summed E-state index contributed by atoms with van der Waals surface area (Å²) in [7, 11) is 1.61. The molecule has 2 aromatic carbocycles. The summed E-state index contributed by atoms with van der Waals surface area (Å²) in [6, 6.07) is 18.6. The molecule has 1 fully saturated rings. The maximum Gasteiger partial charge on any atom is 0.277 e. The Morgan fingerprint density at radius 2 is 1.83 bits per heavy atom. The minimum absolute atomic E-state index is 0.0710. The van der Waals surface area contributed by atoms with E-state index in [0.29, 0.717) is 29.6 Å². The Morgan fingerprint density at radius 3 is 2.47 bits per heavy atom. The van der Waals surface area contributed by atoms with Gasteiger partial charge >= 0.3 is 0 Å². The van der Waals surface area contributed by atoms with Gasteiger partial charge in [-0.15, -0.1) is 5.10 Å². The van der Waals surface area contributed by atoms with E-state index in [0.717, 1.165) is 29.8 Å². The molecule has 5 rings (SSSR count). The van der Waals surface area contributed by atoms with E-state index in [4.69, 9.17) is 9.15 Å². The number of nitrogens with zero attached hydrogens (tertiary/aromatic N) is 4. The number of methoxy groups -OCH3 is 1. The third kappa shape index (κ3) is 5.14. The normalized spacial score (nSPS) is 12.8. The summed E-state index contributed by atoms with van der Waals surface area (Å²) < 4.78 is 12.4. The predicted octanol–water partition coefficient (Wildman–Crippen LogP) is 3.91. The number of aromatic nitrogens is 3. The van der Waals surface area contributed by atoms with E-state index in [1.165, 1.54) is 0 Å². The van der Waals surface area contributed by atoms with Gasteiger partial charge in [0, 0.05) is 18.2 Å². The molecule has 184 valence electrons. The van der Waals surface area contributed by atoms with Gasteiger partial charge in [-0.3, -0.25) is 9.59 Å². The molecule has 0 aliphatic heterocycles. The van der Waals surface area contributed by atoms with Crippen LogP contribution in [-0.4, -0.2) is 44.9 Å². The Balaban J connectivity index is 1.37. The summed E-state index contributed by atoms with van der Waals surface area (Å²) in [5.41, 5.74) is 3.16. The van der Waals surface area contributed by atoms with E-state index in [2.05, 4.69) is 15.6 Å². The Kier molecular flexibility index (Phi) is 6.53. The van der Waals surface area contributed by atoms with Crippen LogP contribution in [0.3, 0.4) is 0 Å². The van der Waals surface area contributed by atoms with Gasteiger partial charge in [-0.05, 0) is 73.9 Å². The largest absolute Gasteiger partial charge is 0.497 e. The monoisotopic (exact) mass is 485 g/mol. The summed E-state index contributed by atoms with van der Waals surface area (Å²) in [6.45, 7) is 2.40. The van der Waals surface area contributed by atoms with Crippen molar-refractivity contribution in [3.05, 3.63) is 95.2 Å². The Morgan fingerprint density at radius 1 is 1.08 bits per heavy atom. The molecule has 2 aromatic heterocycles. The zero-order valence-electron chi connectivity index (χ0n) is 20.2. The Bertz CT molecular complexity index is 1340. The third-order valence-corrected chi connectivity index (χ3v) is 6.13. The minimum atomic E-state index is -0.265. The second-order valence-electron chi connectivity index (χ2n) is 8.82. The van der Waals surface area contributed by atoms with Crippen LogP contribution >= 0.6 is 0 Å². The topological polar surface area (TPSA) is 102 Å². The molecule has 0 unspecified atom stereocenters. The van der Waals surface area contributed by atoms with Crippen molar-refractivity contribution >= 4 is 11.8 Å². The molecule has 4 aromatic rings. The van der Waals surface area contributed by atoms with Crippen molar-refractivity contribution in [2.24, 2.45) is 0 Å². The SMILES string of the molecule is COc1ccc(-n2nnc(C(=O)N(Cc3ccc(C(=O)NC4CC4)cc3)Cc3ccco3)c2C)cc1. The van der Waals surface area contributed by atoms with Gasteiger partial charge in [0.25, 0.3) is 11.8 Å². The molecule has 1 N–H and O–H groups in total. The van der Waals surface area contributed by atoms with Crippen LogP contribution in [0.4, 0.5) is 0 Å². The highest BCUT2D eigenvalue weighted by Gasteiger charge is 2.25. The van der Waals surface area contributed by atoms with Crippen LogP contribution in [0.2, 0.25) is 0 Å². The van der Waals surface area contributed by atoms with Crippen molar-refractivity contribution < 1.29 is 18.7 Å². The van der Waals surface area contributed by atoms with Gasteiger partial charge in [-0.1, -0.05) is 17.3 Å². The number of hydrogen-bond acceptors (Lipinski definition) is 6. The lowest BCUT2D eigenvalue weighted by atomic mass is 10.1. The first kappa shape index (κ1) is 23.3. The predicted molar refractivity (Wildman–Crippen MR) is 132 cm³/mol. The highest BCUT2D eigenvalue weighted by Crippen LogP contribution is 2.21. The van der Waals surface area contributed by atoms with E-state index >= 15 is 0 Å². The van der Waals surface area contributed by atoms with Gasteiger partial charge in [-0.2, -0.15) is 0 Å². The molecule has 36 heavy (non-hydrogen) atoms. The van der Waals surface area contributed by atoms with Crippen molar-refractivity contribution in [2.75, 3.05) is 7.11 Å². The van der Waals surface area contributed by atoms with Crippen molar-refractivity contribution in [1.29, 1.82) is 0 Å². The van der Waals surface area contributed by atoms with Crippen LogP contribution in [-0.2, 0) is 13.1 Å². The van der Waals surface area contributed by atoms with Crippen LogP contribution < -0.4 is 10.1 Å². The zero-order valence-corrected chi connectivity index (χ0v) is 20.2. The van der Waals surface area contributed by atoms with Gasteiger partial charge in [-0.25, -0.2) is 4.68 Å². The quantitative estimate of drug-likeness (QED) is 0.386. The average Bonchev–Trinajstić information content (AvgIpc) is 3.40. The Labute approximate surface area is 208 Å². The van der Waals surface area contributed by atoms with Crippen LogP contribution in [0.1, 0.15) is 50.7 Å². The fourth-order valence-electron chi connectivity index (χ4n) is 3.91. The van der Waals surface area contributed by atoms with Crippen molar-refractivity contribution in [1.82, 2.24) is 25.2 Å². The van der Waals surface area contributed by atoms with E-state index in [-0.39, 0.29) is 24.1 Å². The molecule has 2 amide bonds. The highest BCUT2D eigenvalue weighted by molar-refractivity contribution is 5.95. The van der Waals surface area contributed by atoms with E-state index < -0.39 is 0 Å². The summed E-state index contributed by atoms with van der Waals surface area (Å²) >= 11 is 0. The third-order valence-electron chi connectivity index (χ3n) is 6.13. The van der Waals surface area contributed by atoms with Crippen molar-refractivity contribution in [3.63, 3.8) is 0 Å². The summed E-state index contributed by atoms with van der Waals surface area (Å²) in [6.07, 6.45) is 3.66. The molecule has 2 heterocycles. The number of carbonyl (C=O) groups is 2. The summed E-state index contributed by atoms with van der Waals surface area (Å²) in [5, 5.41) is 11.4. The molecule has 0 saturated heterocycles. The zero-order chi connectivity index (χ0) is 25.1. The first-order valence-electron chi connectivity index (χ1n) is 11.8. The number of ether oxygens (including phenoxy) is 1. The van der Waals surface area contributed by atoms with Gasteiger partial charge in [0.15, 0.2) is 5.69 Å². The van der Waals surface area contributed by atoms with Crippen LogP contribution in [0, 0.1) is 6.92 Å². The molecule has 1 aliphatic carbocycles. The van der Waals surface area contributed by atoms with Crippen LogP contribution in [0.5, 0.6) is 5.75 Å². The second kappa shape index (κ2) is 10.1. The van der Waals surface area contributed by atoms with Gasteiger partial charge in [0.1, 0.15) is 11.5 Å². The molecular weight excluding hydrogens is 458 g/mol. The lowest BCUT2D eigenvalue weighted by molar-refractivity contribution is 0.0710. The smallest absolute Gasteiger partial charge is 0.277 e. The lowest BCUT2D eigenvalue weighted by Gasteiger charge is -2.21. The lowest BCUT2D eigenvalue weighted by Crippen LogP contribution is -2.31. The molecule has 9 heteroatoms. The van der Waals surface area contributed by atoms with Crippen LogP contribution in [0.15, 0.2) is 71.3 Å². The van der Waals surface area contributed by atoms with E-state index in [9.17, 15) is 9.59 Å². The van der Waals surface area contributed by atoms with Crippen molar-refractivity contribution in [3.8, 4) is 11.4 Å². The number of nitrogens with one attached hydrogen (secondary N) is 1. The standard InChI is InChI=1S/C27H27N5O4/c1-18-25(29-30-32(18)22-11-13-23(35-2)14-12-22)27(34)31(17-24-4-3-15-36-24)16-19-5-7-20(8-6-19)26(33)28-21-9-10-21/h3-8,11-15,21H,9-10,16-17H2,1-2H3,(H,28,33). The number of amides is 2. The molecule has 1 saturated carbocycles. The summed E-state index contributed by atoms with van der Waals surface area (Å²) in [4.78, 5) is 27.6. The van der Waals surface area contributed by atoms with Gasteiger partial charge < -0.3 is 19.4 Å². The fourth-order valence-corrected chi connectivity index (χ4v) is 3.91. The number of carbonyl (C=O) groups excluding carboxylic acids is 2. The van der Waals surface area contributed by atoms with E-state index in [1.54, 1.807) is 41.2 Å². The molecule has 1 aliphatic rings. The molecular formula is C27H27N5O4. The molecule has 9 nitrogen and oxygen atoms in total. The minimum Gasteiger partial charge on any atom is -0.497 e. The fraction of sp³-hybridized carbons (Fsp3) is 0.259. The number of hydrogen-bond donors (Lipinski definition) is 1. The first-order chi connectivity index (χ1) is 17.5. The first-order valence-corrected chi connectivity index (χ1v) is 11.8. The second-order valence-corrected chi connectivity index (χ2v) is 8.82. The number of benzene rings is 2. The number of rotatable bonds is 9. The Hall–Kier alpha value is -4.40. The summed E-state index contributed by atoms with van der Waals surface area (Å²) in [5.74, 6) is 1.05. The van der Waals surface area contributed by atoms with Gasteiger partial charge in [0.2, 0.25) is 0 Å². The highest BCUT2D eigenvalue weighted by atomic mass is 16.5.